The molecule has 0 saturated carbocycles. The monoisotopic (exact) mass is 245 g/mol. The summed E-state index contributed by atoms with van der Waals surface area (Å²) in [6.07, 6.45) is 1.44. The zero-order valence-corrected chi connectivity index (χ0v) is 10.4. The average Bonchev–Trinajstić information content (AvgIpc) is 2.34. The number of benzene rings is 1. The zero-order chi connectivity index (χ0) is 13.7. The minimum absolute atomic E-state index is 0.0260. The van der Waals surface area contributed by atoms with E-state index >= 15 is 0 Å². The Bertz CT molecular complexity index is 542. The van der Waals surface area contributed by atoms with Crippen LogP contribution >= 0.6 is 0 Å². The lowest BCUT2D eigenvalue weighted by Gasteiger charge is -2.08. The van der Waals surface area contributed by atoms with Crippen LogP contribution in [-0.2, 0) is 0 Å². The molecule has 5 heteroatoms. The molecule has 0 atom stereocenters. The van der Waals surface area contributed by atoms with Gasteiger partial charge in [0.1, 0.15) is 0 Å². The van der Waals surface area contributed by atoms with E-state index in [2.05, 4.69) is 6.07 Å². The normalized spacial score (nSPS) is 11.6. The van der Waals surface area contributed by atoms with Crippen LogP contribution in [0.1, 0.15) is 30.9 Å². The summed E-state index contributed by atoms with van der Waals surface area (Å²) in [6, 6.07) is 6.54. The molecule has 18 heavy (non-hydrogen) atoms. The summed E-state index contributed by atoms with van der Waals surface area (Å²) in [4.78, 5) is 10.2. The topological polar surface area (TPSA) is 93.0 Å². The molecule has 0 spiro atoms. The molecule has 94 valence electrons. The van der Waals surface area contributed by atoms with E-state index in [0.29, 0.717) is 28.8 Å². The van der Waals surface area contributed by atoms with Crippen molar-refractivity contribution in [2.45, 2.75) is 26.7 Å². The maximum absolute atomic E-state index is 10.6. The summed E-state index contributed by atoms with van der Waals surface area (Å²) in [5, 5.41) is 19.7. The van der Waals surface area contributed by atoms with E-state index < -0.39 is 4.92 Å². The van der Waals surface area contributed by atoms with Crippen LogP contribution in [0.5, 0.6) is 0 Å². The molecule has 1 rings (SSSR count). The molecule has 1 aromatic carbocycles. The number of nitriles is 1. The van der Waals surface area contributed by atoms with Gasteiger partial charge in [-0.05, 0) is 25.0 Å². The van der Waals surface area contributed by atoms with Gasteiger partial charge in [-0.15, -0.1) is 0 Å². The second kappa shape index (κ2) is 5.82. The maximum atomic E-state index is 10.6. The van der Waals surface area contributed by atoms with Crippen LogP contribution in [0.15, 0.2) is 23.8 Å². The smallest absolute Gasteiger partial charge is 0.269 e. The van der Waals surface area contributed by atoms with Crippen molar-refractivity contribution in [1.29, 1.82) is 5.26 Å². The number of nitro groups is 1. The van der Waals surface area contributed by atoms with Gasteiger partial charge in [0, 0.05) is 17.7 Å². The van der Waals surface area contributed by atoms with Crippen LogP contribution in [0, 0.1) is 28.4 Å². The molecular weight excluding hydrogens is 230 g/mol. The van der Waals surface area contributed by atoms with E-state index in [9.17, 15) is 10.1 Å². The molecular formula is C13H15N3O2. The Hall–Kier alpha value is -2.35. The van der Waals surface area contributed by atoms with Crippen molar-refractivity contribution in [3.8, 4) is 6.07 Å². The Labute approximate surface area is 106 Å². The fourth-order valence-electron chi connectivity index (χ4n) is 1.73. The van der Waals surface area contributed by atoms with Gasteiger partial charge in [0.25, 0.3) is 5.69 Å². The van der Waals surface area contributed by atoms with Gasteiger partial charge in [-0.1, -0.05) is 13.3 Å². The number of nitrogens with two attached hydrogens (primary N) is 1. The molecule has 0 unspecified atom stereocenters. The highest BCUT2D eigenvalue weighted by Crippen LogP contribution is 2.24. The van der Waals surface area contributed by atoms with E-state index in [4.69, 9.17) is 11.0 Å². The molecule has 0 aliphatic carbocycles. The minimum atomic E-state index is -0.450. The molecule has 0 aliphatic rings. The number of nitrogens with zero attached hydrogens (tertiary/aromatic N) is 2. The third-order valence-electron chi connectivity index (χ3n) is 2.67. The third kappa shape index (κ3) is 2.86. The van der Waals surface area contributed by atoms with Crippen molar-refractivity contribution in [3.05, 3.63) is 45.0 Å². The highest BCUT2D eigenvalue weighted by atomic mass is 16.6. The summed E-state index contributed by atoms with van der Waals surface area (Å²) in [5.41, 5.74) is 8.29. The number of allylic oxidation sites excluding steroid dienone is 1. The standard InChI is InChI=1S/C13H15N3O2/c1-3-4-10(8-14)13(15)12-6-5-11(16(17)18)7-9(12)2/h5-7H,3-4,15H2,1-2H3/b13-10-. The second-order valence-corrected chi connectivity index (χ2v) is 4.01. The first-order valence-corrected chi connectivity index (χ1v) is 5.65. The van der Waals surface area contributed by atoms with Crippen molar-refractivity contribution in [3.63, 3.8) is 0 Å². The molecule has 0 amide bonds. The Balaban J connectivity index is 3.26. The van der Waals surface area contributed by atoms with Crippen molar-refractivity contribution in [1.82, 2.24) is 0 Å². The van der Waals surface area contributed by atoms with Gasteiger partial charge in [-0.3, -0.25) is 10.1 Å². The third-order valence-corrected chi connectivity index (χ3v) is 2.67. The van der Waals surface area contributed by atoms with E-state index in [0.717, 1.165) is 6.42 Å². The largest absolute Gasteiger partial charge is 0.397 e. The van der Waals surface area contributed by atoms with Crippen molar-refractivity contribution in [2.75, 3.05) is 0 Å². The molecule has 0 heterocycles. The summed E-state index contributed by atoms with van der Waals surface area (Å²) in [6.45, 7) is 3.71. The predicted molar refractivity (Wildman–Crippen MR) is 69.5 cm³/mol. The molecule has 0 bridgehead atoms. The van der Waals surface area contributed by atoms with Gasteiger partial charge in [-0.2, -0.15) is 5.26 Å². The molecule has 0 aliphatic heterocycles. The van der Waals surface area contributed by atoms with Crippen LogP contribution in [0.3, 0.4) is 0 Å². The van der Waals surface area contributed by atoms with E-state index in [1.54, 1.807) is 13.0 Å². The summed E-state index contributed by atoms with van der Waals surface area (Å²) >= 11 is 0. The van der Waals surface area contributed by atoms with E-state index in [1.807, 2.05) is 6.92 Å². The highest BCUT2D eigenvalue weighted by molar-refractivity contribution is 5.72. The average molecular weight is 245 g/mol. The van der Waals surface area contributed by atoms with Crippen molar-refractivity contribution < 1.29 is 4.92 Å². The first kappa shape index (κ1) is 13.7. The summed E-state index contributed by atoms with van der Waals surface area (Å²) < 4.78 is 0. The quantitative estimate of drug-likeness (QED) is 0.501. The second-order valence-electron chi connectivity index (χ2n) is 4.01. The molecule has 5 nitrogen and oxygen atoms in total. The lowest BCUT2D eigenvalue weighted by atomic mass is 10.00. The first-order chi connectivity index (χ1) is 8.51. The number of non-ortho nitro benzene ring substituents is 1. The molecule has 1 aromatic rings. The van der Waals surface area contributed by atoms with Gasteiger partial charge in [0.15, 0.2) is 0 Å². The van der Waals surface area contributed by atoms with Crippen LogP contribution in [0.25, 0.3) is 5.70 Å². The fourth-order valence-corrected chi connectivity index (χ4v) is 1.73. The summed E-state index contributed by atoms with van der Waals surface area (Å²) in [5.74, 6) is 0. The van der Waals surface area contributed by atoms with Gasteiger partial charge in [0.2, 0.25) is 0 Å². The fraction of sp³-hybridized carbons (Fsp3) is 0.308. The van der Waals surface area contributed by atoms with Gasteiger partial charge < -0.3 is 5.73 Å². The Morgan fingerprint density at radius 2 is 2.22 bits per heavy atom. The Morgan fingerprint density at radius 1 is 1.56 bits per heavy atom. The molecule has 0 radical (unpaired) electrons. The van der Waals surface area contributed by atoms with Crippen molar-refractivity contribution >= 4 is 11.4 Å². The predicted octanol–water partition coefficient (Wildman–Crippen LogP) is 2.90. The minimum Gasteiger partial charge on any atom is -0.397 e. The number of rotatable bonds is 4. The van der Waals surface area contributed by atoms with Crippen LogP contribution < -0.4 is 5.73 Å². The first-order valence-electron chi connectivity index (χ1n) is 5.65. The number of nitro benzene ring substituents is 1. The number of hydrogen-bond donors (Lipinski definition) is 1. The van der Waals surface area contributed by atoms with Crippen LogP contribution in [0.4, 0.5) is 5.69 Å². The number of hydrogen-bond acceptors (Lipinski definition) is 4. The zero-order valence-electron chi connectivity index (χ0n) is 10.4. The molecule has 2 N–H and O–H groups in total. The van der Waals surface area contributed by atoms with E-state index in [1.165, 1.54) is 12.1 Å². The Morgan fingerprint density at radius 3 is 2.67 bits per heavy atom. The Kier molecular flexibility index (Phi) is 4.44. The van der Waals surface area contributed by atoms with Gasteiger partial charge >= 0.3 is 0 Å². The molecule has 0 saturated heterocycles. The number of aryl methyl sites for hydroxylation is 1. The van der Waals surface area contributed by atoms with Gasteiger partial charge in [0.05, 0.1) is 22.3 Å². The highest BCUT2D eigenvalue weighted by Gasteiger charge is 2.12. The van der Waals surface area contributed by atoms with Crippen LogP contribution in [-0.4, -0.2) is 4.92 Å². The van der Waals surface area contributed by atoms with Crippen molar-refractivity contribution in [2.24, 2.45) is 5.73 Å². The SMILES string of the molecule is CCC/C(C#N)=C(/N)c1ccc([N+](=O)[O-])cc1C. The maximum Gasteiger partial charge on any atom is 0.269 e. The molecule has 0 aromatic heterocycles. The van der Waals surface area contributed by atoms with E-state index in [-0.39, 0.29) is 5.69 Å². The lowest BCUT2D eigenvalue weighted by molar-refractivity contribution is -0.384. The summed E-state index contributed by atoms with van der Waals surface area (Å²) in [7, 11) is 0. The van der Waals surface area contributed by atoms with Gasteiger partial charge in [-0.25, -0.2) is 0 Å². The molecule has 0 fully saturated rings. The lowest BCUT2D eigenvalue weighted by Crippen LogP contribution is -2.03. The van der Waals surface area contributed by atoms with Crippen LogP contribution in [0.2, 0.25) is 0 Å².